The Morgan fingerprint density at radius 3 is 1.83 bits per heavy atom. The minimum Gasteiger partial charge on any atom is -0.129 e. The van der Waals surface area contributed by atoms with Crippen LogP contribution in [0.2, 0.25) is 0 Å². The molecule has 4 rings (SSSR count). The van der Waals surface area contributed by atoms with Crippen LogP contribution >= 0.6 is 11.8 Å². The van der Waals surface area contributed by atoms with Crippen molar-refractivity contribution in [3.63, 3.8) is 0 Å². The van der Waals surface area contributed by atoms with E-state index < -0.39 is 0 Å². The Morgan fingerprint density at radius 1 is 0.517 bits per heavy atom. The zero-order valence-electron chi connectivity index (χ0n) is 17.5. The maximum absolute atomic E-state index is 2.30. The van der Waals surface area contributed by atoms with Gasteiger partial charge >= 0.3 is 0 Å². The van der Waals surface area contributed by atoms with Crippen LogP contribution in [0.3, 0.4) is 0 Å². The molecule has 0 aromatic heterocycles. The molecule has 0 atom stereocenters. The number of thioether (sulfide) groups is 1. The Labute approximate surface area is 178 Å². The van der Waals surface area contributed by atoms with Gasteiger partial charge < -0.3 is 0 Å². The minimum absolute atomic E-state index is 1.26. The Kier molecular flexibility index (Phi) is 5.60. The van der Waals surface area contributed by atoms with E-state index in [4.69, 9.17) is 0 Å². The molecule has 0 heterocycles. The first-order valence-corrected chi connectivity index (χ1v) is 11.2. The quantitative estimate of drug-likeness (QED) is 0.313. The maximum atomic E-state index is 2.30. The van der Waals surface area contributed by atoms with Crippen molar-refractivity contribution in [1.82, 2.24) is 0 Å². The Balaban J connectivity index is 1.67. The molecule has 4 aromatic carbocycles. The van der Waals surface area contributed by atoms with Crippen LogP contribution in [-0.2, 0) is 0 Å². The second-order valence-electron chi connectivity index (χ2n) is 7.63. The zero-order chi connectivity index (χ0) is 20.4. The molecule has 29 heavy (non-hydrogen) atoms. The number of rotatable bonds is 4. The third-order valence-corrected chi connectivity index (χ3v) is 6.33. The van der Waals surface area contributed by atoms with E-state index >= 15 is 0 Å². The summed E-state index contributed by atoms with van der Waals surface area (Å²) in [6.45, 7) is 6.53. The van der Waals surface area contributed by atoms with Crippen molar-refractivity contribution in [1.29, 1.82) is 0 Å². The Morgan fingerprint density at radius 2 is 1.14 bits per heavy atom. The lowest BCUT2D eigenvalue weighted by molar-refractivity contribution is 1.36. The highest BCUT2D eigenvalue weighted by Gasteiger charge is 2.08. The van der Waals surface area contributed by atoms with Gasteiger partial charge in [-0.05, 0) is 83.2 Å². The second-order valence-corrected chi connectivity index (χ2v) is 8.47. The van der Waals surface area contributed by atoms with E-state index in [1.165, 1.54) is 55.0 Å². The van der Waals surface area contributed by atoms with Crippen molar-refractivity contribution in [3.8, 4) is 33.4 Å². The first-order chi connectivity index (χ1) is 14.1. The molecule has 0 aliphatic heterocycles. The van der Waals surface area contributed by atoms with Gasteiger partial charge in [0, 0.05) is 4.90 Å². The molecule has 0 aliphatic rings. The molecule has 0 aliphatic carbocycles. The fourth-order valence-corrected chi connectivity index (χ4v) is 4.61. The molecule has 0 bridgehead atoms. The predicted molar refractivity (Wildman–Crippen MR) is 129 cm³/mol. The van der Waals surface area contributed by atoms with Crippen molar-refractivity contribution in [3.05, 3.63) is 102 Å². The summed E-state index contributed by atoms with van der Waals surface area (Å²) in [6, 6.07) is 31.0. The summed E-state index contributed by atoms with van der Waals surface area (Å²) in [5.41, 5.74) is 11.7. The van der Waals surface area contributed by atoms with Crippen molar-refractivity contribution in [2.24, 2.45) is 0 Å². The average molecular weight is 395 g/mol. The number of benzene rings is 4. The van der Waals surface area contributed by atoms with Crippen molar-refractivity contribution in [2.45, 2.75) is 25.7 Å². The monoisotopic (exact) mass is 394 g/mol. The van der Waals surface area contributed by atoms with E-state index in [9.17, 15) is 0 Å². The van der Waals surface area contributed by atoms with E-state index in [-0.39, 0.29) is 0 Å². The smallest absolute Gasteiger partial charge is 0.0150 e. The van der Waals surface area contributed by atoms with Gasteiger partial charge in [-0.25, -0.2) is 0 Å². The average Bonchev–Trinajstić information content (AvgIpc) is 2.74. The molecule has 144 valence electrons. The summed E-state index contributed by atoms with van der Waals surface area (Å²) in [6.07, 6.45) is 2.14. The first kappa shape index (κ1) is 19.5. The lowest BCUT2D eigenvalue weighted by Crippen LogP contribution is -1.89. The van der Waals surface area contributed by atoms with Crippen LogP contribution in [0.25, 0.3) is 33.4 Å². The first-order valence-electron chi connectivity index (χ1n) is 9.99. The highest BCUT2D eigenvalue weighted by Crippen LogP contribution is 2.34. The molecule has 4 aromatic rings. The lowest BCUT2D eigenvalue weighted by Gasteiger charge is -2.13. The van der Waals surface area contributed by atoms with E-state index in [1.54, 1.807) is 0 Å². The van der Waals surface area contributed by atoms with Crippen LogP contribution in [0, 0.1) is 20.8 Å². The van der Waals surface area contributed by atoms with E-state index in [1.807, 2.05) is 11.8 Å². The lowest BCUT2D eigenvalue weighted by atomic mass is 9.93. The molecule has 0 nitrogen and oxygen atoms in total. The van der Waals surface area contributed by atoms with E-state index in [2.05, 4.69) is 112 Å². The van der Waals surface area contributed by atoms with Crippen molar-refractivity contribution in [2.75, 3.05) is 6.26 Å². The summed E-state index contributed by atoms with van der Waals surface area (Å²) in [7, 11) is 0. The minimum atomic E-state index is 1.26. The van der Waals surface area contributed by atoms with Gasteiger partial charge in [-0.1, -0.05) is 78.9 Å². The Bertz CT molecular complexity index is 1150. The van der Waals surface area contributed by atoms with Gasteiger partial charge in [0.2, 0.25) is 0 Å². The van der Waals surface area contributed by atoms with E-state index in [0.717, 1.165) is 0 Å². The predicted octanol–water partition coefficient (Wildman–Crippen LogP) is 8.33. The normalized spacial score (nSPS) is 10.9. The molecule has 0 saturated carbocycles. The van der Waals surface area contributed by atoms with Gasteiger partial charge in [-0.2, -0.15) is 0 Å². The van der Waals surface area contributed by atoms with Crippen LogP contribution in [0.15, 0.2) is 89.8 Å². The van der Waals surface area contributed by atoms with Gasteiger partial charge in [0.15, 0.2) is 0 Å². The molecule has 0 N–H and O–H groups in total. The summed E-state index contributed by atoms with van der Waals surface area (Å²) < 4.78 is 0. The number of hydrogen-bond acceptors (Lipinski definition) is 1. The molecule has 0 saturated heterocycles. The zero-order valence-corrected chi connectivity index (χ0v) is 18.3. The molecule has 0 radical (unpaired) electrons. The van der Waals surface area contributed by atoms with Crippen LogP contribution in [0.4, 0.5) is 0 Å². The summed E-state index contributed by atoms with van der Waals surface area (Å²) in [4.78, 5) is 1.33. The van der Waals surface area contributed by atoms with Gasteiger partial charge in [-0.3, -0.25) is 0 Å². The molecule has 0 spiro atoms. The Hall–Kier alpha value is -2.77. The van der Waals surface area contributed by atoms with Gasteiger partial charge in [0.05, 0.1) is 0 Å². The van der Waals surface area contributed by atoms with Gasteiger partial charge in [0.25, 0.3) is 0 Å². The molecule has 0 unspecified atom stereocenters. The van der Waals surface area contributed by atoms with Crippen LogP contribution in [-0.4, -0.2) is 6.26 Å². The summed E-state index contributed by atoms with van der Waals surface area (Å²) >= 11 is 1.81. The largest absolute Gasteiger partial charge is 0.129 e. The number of hydrogen-bond donors (Lipinski definition) is 0. The molecular weight excluding hydrogens is 368 g/mol. The van der Waals surface area contributed by atoms with Crippen molar-refractivity contribution >= 4 is 11.8 Å². The van der Waals surface area contributed by atoms with Gasteiger partial charge in [0.1, 0.15) is 0 Å². The molecule has 0 fully saturated rings. The fraction of sp³-hybridized carbons (Fsp3) is 0.143. The molecule has 1 heteroatoms. The molecular formula is C28H26S. The standard InChI is InChI=1S/C28H26S/c1-19-9-15-27(28(17-19)29-4)23-12-10-22(11-13-23)24-14-16-26(21(3)18-24)25-8-6-5-7-20(25)2/h5-18H,1-4H3. The van der Waals surface area contributed by atoms with Crippen molar-refractivity contribution < 1.29 is 0 Å². The van der Waals surface area contributed by atoms with Crippen LogP contribution < -0.4 is 0 Å². The third kappa shape index (κ3) is 4.02. The highest BCUT2D eigenvalue weighted by molar-refractivity contribution is 7.98. The fourth-order valence-electron chi connectivity index (χ4n) is 3.90. The van der Waals surface area contributed by atoms with Crippen LogP contribution in [0.5, 0.6) is 0 Å². The summed E-state index contributed by atoms with van der Waals surface area (Å²) in [5, 5.41) is 0. The van der Waals surface area contributed by atoms with E-state index in [0.29, 0.717) is 0 Å². The SMILES string of the molecule is CSc1cc(C)ccc1-c1ccc(-c2ccc(-c3ccccc3C)c(C)c2)cc1. The summed E-state index contributed by atoms with van der Waals surface area (Å²) in [5.74, 6) is 0. The van der Waals surface area contributed by atoms with Crippen LogP contribution in [0.1, 0.15) is 16.7 Å². The third-order valence-electron chi connectivity index (χ3n) is 5.55. The highest BCUT2D eigenvalue weighted by atomic mass is 32.2. The second kappa shape index (κ2) is 8.31. The van der Waals surface area contributed by atoms with Gasteiger partial charge in [-0.15, -0.1) is 11.8 Å². The number of aryl methyl sites for hydroxylation is 3. The topological polar surface area (TPSA) is 0 Å². The maximum Gasteiger partial charge on any atom is 0.0150 e. The molecule has 0 amide bonds.